The minimum atomic E-state index is -3.13. The summed E-state index contributed by atoms with van der Waals surface area (Å²) in [5.41, 5.74) is 0.170. The summed E-state index contributed by atoms with van der Waals surface area (Å²) in [6.45, 7) is 2.31. The molecule has 0 N–H and O–H groups in total. The second-order valence-electron chi connectivity index (χ2n) is 7.44. The number of hydrogen-bond donors (Lipinski definition) is 0. The van der Waals surface area contributed by atoms with Crippen molar-refractivity contribution < 1.29 is 17.6 Å². The Morgan fingerprint density at radius 1 is 0.917 bits per heavy atom. The van der Waals surface area contributed by atoms with Crippen LogP contribution in [-0.4, -0.2) is 0 Å². The fourth-order valence-corrected chi connectivity index (χ4v) is 4.28. The van der Waals surface area contributed by atoms with Crippen molar-refractivity contribution in [3.63, 3.8) is 0 Å². The Labute approximate surface area is 141 Å². The second kappa shape index (κ2) is 7.28. The van der Waals surface area contributed by atoms with Crippen molar-refractivity contribution in [3.8, 4) is 0 Å². The molecule has 1 saturated carbocycles. The summed E-state index contributed by atoms with van der Waals surface area (Å²) < 4.78 is 52.9. The standard InChI is InChI=1S/C20H24F4/c1-12-2-4-13(5-3-12)14-6-8-15(9-7-14)16-10-17(21)19(20(23)24)18(22)11-16/h8,10-14,20H,2-7,9H2,1H3. The van der Waals surface area contributed by atoms with Crippen LogP contribution in [0.4, 0.5) is 17.6 Å². The van der Waals surface area contributed by atoms with E-state index in [4.69, 9.17) is 0 Å². The third-order valence-electron chi connectivity index (χ3n) is 5.85. The number of benzene rings is 1. The molecular weight excluding hydrogens is 316 g/mol. The van der Waals surface area contributed by atoms with Gasteiger partial charge in [0, 0.05) is 0 Å². The Morgan fingerprint density at radius 2 is 1.54 bits per heavy atom. The summed E-state index contributed by atoms with van der Waals surface area (Å²) in [6, 6.07) is 2.11. The van der Waals surface area contributed by atoms with Crippen LogP contribution in [0.5, 0.6) is 0 Å². The van der Waals surface area contributed by atoms with E-state index >= 15 is 0 Å². The SMILES string of the molecule is CC1CCC(C2CC=C(c3cc(F)c(C(F)F)c(F)c3)CC2)CC1. The van der Waals surface area contributed by atoms with Gasteiger partial charge >= 0.3 is 0 Å². The summed E-state index contributed by atoms with van der Waals surface area (Å²) >= 11 is 0. The Hall–Kier alpha value is -1.32. The van der Waals surface area contributed by atoms with Gasteiger partial charge in [0.1, 0.15) is 11.6 Å². The molecule has 0 nitrogen and oxygen atoms in total. The molecule has 2 aliphatic carbocycles. The van der Waals surface area contributed by atoms with Gasteiger partial charge in [-0.25, -0.2) is 17.6 Å². The van der Waals surface area contributed by atoms with Crippen molar-refractivity contribution >= 4 is 5.57 Å². The van der Waals surface area contributed by atoms with Crippen LogP contribution in [-0.2, 0) is 0 Å². The number of hydrogen-bond acceptors (Lipinski definition) is 0. The third kappa shape index (κ3) is 3.68. The summed E-state index contributed by atoms with van der Waals surface area (Å²) in [5.74, 6) is -0.0613. The van der Waals surface area contributed by atoms with Crippen LogP contribution < -0.4 is 0 Å². The van der Waals surface area contributed by atoms with E-state index in [1.54, 1.807) is 0 Å². The first-order valence-corrected chi connectivity index (χ1v) is 8.92. The minimum Gasteiger partial charge on any atom is -0.206 e. The molecule has 4 heteroatoms. The molecular formula is C20H24F4. The van der Waals surface area contributed by atoms with E-state index in [0.717, 1.165) is 48.8 Å². The van der Waals surface area contributed by atoms with Gasteiger partial charge in [-0.3, -0.25) is 0 Å². The molecule has 0 amide bonds. The highest BCUT2D eigenvalue weighted by atomic mass is 19.3. The molecule has 1 fully saturated rings. The van der Waals surface area contributed by atoms with Crippen molar-refractivity contribution in [2.45, 2.75) is 58.3 Å². The predicted molar refractivity (Wildman–Crippen MR) is 87.8 cm³/mol. The number of halogens is 4. The highest BCUT2D eigenvalue weighted by molar-refractivity contribution is 5.66. The van der Waals surface area contributed by atoms with Crippen LogP contribution in [0, 0.1) is 29.4 Å². The van der Waals surface area contributed by atoms with Gasteiger partial charge in [-0.15, -0.1) is 0 Å². The quantitative estimate of drug-likeness (QED) is 0.524. The normalized spacial score (nSPS) is 28.1. The Morgan fingerprint density at radius 3 is 2.04 bits per heavy atom. The fraction of sp³-hybridized carbons (Fsp3) is 0.600. The van der Waals surface area contributed by atoms with Gasteiger partial charge in [-0.2, -0.15) is 0 Å². The van der Waals surface area contributed by atoms with Gasteiger partial charge in [0.15, 0.2) is 0 Å². The lowest BCUT2D eigenvalue weighted by Gasteiger charge is -2.34. The monoisotopic (exact) mass is 340 g/mol. The van der Waals surface area contributed by atoms with E-state index in [2.05, 4.69) is 13.0 Å². The van der Waals surface area contributed by atoms with Crippen LogP contribution >= 0.6 is 0 Å². The maximum Gasteiger partial charge on any atom is 0.269 e. The molecule has 0 bridgehead atoms. The molecule has 3 rings (SSSR count). The topological polar surface area (TPSA) is 0 Å². The van der Waals surface area contributed by atoms with Crippen molar-refractivity contribution in [1.82, 2.24) is 0 Å². The summed E-state index contributed by atoms with van der Waals surface area (Å²) in [5, 5.41) is 0. The maximum atomic E-state index is 13.8. The van der Waals surface area contributed by atoms with Crippen LogP contribution in [0.2, 0.25) is 0 Å². The number of rotatable bonds is 3. The molecule has 0 heterocycles. The highest BCUT2D eigenvalue weighted by Gasteiger charge is 2.28. The van der Waals surface area contributed by atoms with Crippen molar-refractivity contribution in [2.75, 3.05) is 0 Å². The van der Waals surface area contributed by atoms with Crippen molar-refractivity contribution in [2.24, 2.45) is 17.8 Å². The first-order valence-electron chi connectivity index (χ1n) is 8.92. The van der Waals surface area contributed by atoms with Crippen LogP contribution in [0.25, 0.3) is 5.57 Å². The molecule has 2 aliphatic rings. The van der Waals surface area contributed by atoms with Crippen LogP contribution in [0.1, 0.15) is 69.4 Å². The molecule has 1 unspecified atom stereocenters. The largest absolute Gasteiger partial charge is 0.269 e. The van der Waals surface area contributed by atoms with E-state index in [-0.39, 0.29) is 0 Å². The average molecular weight is 340 g/mol. The van der Waals surface area contributed by atoms with E-state index in [9.17, 15) is 17.6 Å². The molecule has 1 aromatic rings. The van der Waals surface area contributed by atoms with E-state index in [1.807, 2.05) is 0 Å². The van der Waals surface area contributed by atoms with Gasteiger partial charge in [0.05, 0.1) is 5.56 Å². The van der Waals surface area contributed by atoms with E-state index in [0.29, 0.717) is 11.5 Å². The zero-order valence-electron chi connectivity index (χ0n) is 14.0. The Balaban J connectivity index is 1.71. The fourth-order valence-electron chi connectivity index (χ4n) is 4.28. The van der Waals surface area contributed by atoms with Crippen LogP contribution in [0.15, 0.2) is 18.2 Å². The van der Waals surface area contributed by atoms with Gasteiger partial charge in [-0.05, 0) is 73.1 Å². The molecule has 24 heavy (non-hydrogen) atoms. The molecule has 132 valence electrons. The van der Waals surface area contributed by atoms with Gasteiger partial charge in [0.2, 0.25) is 0 Å². The first kappa shape index (κ1) is 17.5. The minimum absolute atomic E-state index is 0.408. The van der Waals surface area contributed by atoms with Gasteiger partial charge < -0.3 is 0 Å². The highest BCUT2D eigenvalue weighted by Crippen LogP contribution is 2.41. The lowest BCUT2D eigenvalue weighted by Crippen LogP contribution is -2.22. The van der Waals surface area contributed by atoms with E-state index in [1.165, 1.54) is 25.7 Å². The lowest BCUT2D eigenvalue weighted by atomic mass is 9.71. The molecule has 0 aromatic heterocycles. The zero-order chi connectivity index (χ0) is 17.3. The van der Waals surface area contributed by atoms with Gasteiger partial charge in [0.25, 0.3) is 6.43 Å². The second-order valence-corrected chi connectivity index (χ2v) is 7.44. The summed E-state index contributed by atoms with van der Waals surface area (Å²) in [7, 11) is 0. The number of allylic oxidation sites excluding steroid dienone is 2. The maximum absolute atomic E-state index is 13.8. The lowest BCUT2D eigenvalue weighted by molar-refractivity contribution is 0.141. The van der Waals surface area contributed by atoms with Gasteiger partial charge in [-0.1, -0.05) is 25.8 Å². The first-order chi connectivity index (χ1) is 11.5. The zero-order valence-corrected chi connectivity index (χ0v) is 14.0. The Bertz CT molecular complexity index is 589. The summed E-state index contributed by atoms with van der Waals surface area (Å²) in [4.78, 5) is 0. The average Bonchev–Trinajstić information content (AvgIpc) is 2.54. The van der Waals surface area contributed by atoms with Crippen molar-refractivity contribution in [3.05, 3.63) is 41.0 Å². The molecule has 0 radical (unpaired) electrons. The summed E-state index contributed by atoms with van der Waals surface area (Å²) in [6.07, 6.45) is 6.79. The predicted octanol–water partition coefficient (Wildman–Crippen LogP) is 6.91. The van der Waals surface area contributed by atoms with Crippen molar-refractivity contribution in [1.29, 1.82) is 0 Å². The smallest absolute Gasteiger partial charge is 0.206 e. The molecule has 1 aromatic carbocycles. The van der Waals surface area contributed by atoms with Crippen LogP contribution in [0.3, 0.4) is 0 Å². The molecule has 0 aliphatic heterocycles. The number of alkyl halides is 2. The molecule has 0 spiro atoms. The third-order valence-corrected chi connectivity index (χ3v) is 5.85. The molecule has 1 atom stereocenters. The molecule has 0 saturated heterocycles. The Kier molecular flexibility index (Phi) is 5.31. The van der Waals surface area contributed by atoms with E-state index < -0.39 is 23.6 Å².